The van der Waals surface area contributed by atoms with Gasteiger partial charge in [0.2, 0.25) is 0 Å². The van der Waals surface area contributed by atoms with Crippen LogP contribution in [0.5, 0.6) is 0 Å². The molecule has 1 aliphatic heterocycles. The van der Waals surface area contributed by atoms with Gasteiger partial charge in [0.25, 0.3) is 0 Å². The van der Waals surface area contributed by atoms with Crippen molar-refractivity contribution in [3.05, 3.63) is 47.9 Å². The van der Waals surface area contributed by atoms with E-state index < -0.39 is 0 Å². The maximum atomic E-state index is 8.92. The van der Waals surface area contributed by atoms with E-state index in [1.54, 1.807) is 6.08 Å². The van der Waals surface area contributed by atoms with Crippen LogP contribution in [0.2, 0.25) is 0 Å². The molecule has 4 rings (SSSR count). The van der Waals surface area contributed by atoms with Crippen LogP contribution in [0.25, 0.3) is 17.1 Å². The van der Waals surface area contributed by atoms with Crippen LogP contribution in [0.3, 0.4) is 0 Å². The Morgan fingerprint density at radius 3 is 2.70 bits per heavy atom. The van der Waals surface area contributed by atoms with Crippen LogP contribution in [-0.2, 0) is 13.0 Å². The summed E-state index contributed by atoms with van der Waals surface area (Å²) < 4.78 is 2.47. The summed E-state index contributed by atoms with van der Waals surface area (Å²) >= 11 is 0. The number of likely N-dealkylation sites (tertiary alicyclic amines) is 1. The zero-order chi connectivity index (χ0) is 20.8. The highest BCUT2D eigenvalue weighted by atomic mass is 16.5. The van der Waals surface area contributed by atoms with Gasteiger partial charge in [-0.05, 0) is 62.0 Å². The average Bonchev–Trinajstić information content (AvgIpc) is 3.42. The van der Waals surface area contributed by atoms with E-state index in [4.69, 9.17) is 10.2 Å². The van der Waals surface area contributed by atoms with E-state index in [1.807, 2.05) is 6.08 Å². The van der Waals surface area contributed by atoms with Crippen molar-refractivity contribution in [2.75, 3.05) is 19.6 Å². The minimum Gasteiger partial charge on any atom is -0.327 e. The lowest BCUT2D eigenvalue weighted by Crippen LogP contribution is -2.24. The molecule has 0 unspecified atom stereocenters. The minimum atomic E-state index is 0.472. The van der Waals surface area contributed by atoms with Gasteiger partial charge >= 0.3 is 0 Å². The van der Waals surface area contributed by atoms with Crippen LogP contribution in [0.15, 0.2) is 36.6 Å². The van der Waals surface area contributed by atoms with Gasteiger partial charge < -0.3 is 9.47 Å². The number of aryl methyl sites for hydroxylation is 1. The fourth-order valence-electron chi connectivity index (χ4n) is 5.03. The van der Waals surface area contributed by atoms with E-state index in [2.05, 4.69) is 39.7 Å². The third-order valence-corrected chi connectivity index (χ3v) is 6.81. The summed E-state index contributed by atoms with van der Waals surface area (Å²) in [6.45, 7) is 8.34. The molecule has 0 amide bonds. The number of aromatic nitrogens is 2. The lowest BCUT2D eigenvalue weighted by molar-refractivity contribution is 0.205. The zero-order valence-corrected chi connectivity index (χ0v) is 18.2. The molecule has 2 heterocycles. The first kappa shape index (κ1) is 21.1. The van der Waals surface area contributed by atoms with Crippen molar-refractivity contribution in [1.82, 2.24) is 19.9 Å². The predicted octanol–water partition coefficient (Wildman–Crippen LogP) is 5.15. The van der Waals surface area contributed by atoms with Crippen molar-refractivity contribution < 1.29 is 5.21 Å². The second-order valence-corrected chi connectivity index (χ2v) is 8.99. The maximum Gasteiger partial charge on any atom is 0.109 e. The van der Waals surface area contributed by atoms with E-state index in [9.17, 15) is 0 Å². The highest BCUT2D eigenvalue weighted by molar-refractivity contribution is 5.79. The number of hydrogen-bond donors (Lipinski definition) is 2. The normalized spacial score (nSPS) is 18.6. The van der Waals surface area contributed by atoms with Gasteiger partial charge in [0, 0.05) is 19.5 Å². The van der Waals surface area contributed by atoms with Crippen LogP contribution < -0.4 is 5.48 Å². The first-order valence-corrected chi connectivity index (χ1v) is 11.7. The molecular weight excluding hydrogens is 372 g/mol. The Morgan fingerprint density at radius 2 is 1.93 bits per heavy atom. The van der Waals surface area contributed by atoms with Gasteiger partial charge in [0.05, 0.1) is 16.7 Å². The van der Waals surface area contributed by atoms with Gasteiger partial charge in [-0.3, -0.25) is 10.7 Å². The number of hydroxylamine groups is 1. The number of imidazole rings is 1. The van der Waals surface area contributed by atoms with Gasteiger partial charge in [-0.25, -0.2) is 4.98 Å². The van der Waals surface area contributed by atoms with Gasteiger partial charge in [-0.15, -0.1) is 0 Å². The molecule has 162 valence electrons. The Hall–Kier alpha value is -2.11. The number of hydrogen-bond acceptors (Lipinski definition) is 4. The third kappa shape index (κ3) is 5.32. The number of nitrogens with one attached hydrogen (secondary N) is 1. The summed E-state index contributed by atoms with van der Waals surface area (Å²) in [6, 6.07) is 6.47. The molecule has 1 aliphatic carbocycles. The minimum absolute atomic E-state index is 0.472. The fourth-order valence-corrected chi connectivity index (χ4v) is 5.03. The van der Waals surface area contributed by atoms with E-state index in [0.29, 0.717) is 5.70 Å². The van der Waals surface area contributed by atoms with Gasteiger partial charge in [0.15, 0.2) is 0 Å². The third-order valence-electron chi connectivity index (χ3n) is 6.81. The van der Waals surface area contributed by atoms with Crippen molar-refractivity contribution in [3.63, 3.8) is 0 Å². The molecule has 1 aromatic carbocycles. The van der Waals surface area contributed by atoms with Crippen LogP contribution in [0.1, 0.15) is 62.8 Å². The van der Waals surface area contributed by atoms with E-state index in [1.165, 1.54) is 75.8 Å². The van der Waals surface area contributed by atoms with Gasteiger partial charge in [-0.2, -0.15) is 0 Å². The monoisotopic (exact) mass is 408 g/mol. The smallest absolute Gasteiger partial charge is 0.109 e. The number of fused-ring (bicyclic) bond motifs is 1. The highest BCUT2D eigenvalue weighted by Crippen LogP contribution is 2.28. The molecule has 5 nitrogen and oxygen atoms in total. The molecule has 1 aromatic heterocycles. The van der Waals surface area contributed by atoms with Gasteiger partial charge in [-0.1, -0.05) is 50.8 Å². The van der Waals surface area contributed by atoms with Crippen LogP contribution >= 0.6 is 0 Å². The Morgan fingerprint density at radius 1 is 1.13 bits per heavy atom. The predicted molar refractivity (Wildman–Crippen MR) is 123 cm³/mol. The molecule has 0 bridgehead atoms. The molecular formula is C25H36N4O. The Bertz CT molecular complexity index is 873. The number of rotatable bonds is 9. The van der Waals surface area contributed by atoms with Gasteiger partial charge in [0.1, 0.15) is 5.82 Å². The summed E-state index contributed by atoms with van der Waals surface area (Å²) in [6.07, 6.45) is 15.8. The van der Waals surface area contributed by atoms with Crippen LogP contribution in [-0.4, -0.2) is 39.3 Å². The van der Waals surface area contributed by atoms with E-state index in [0.717, 1.165) is 36.5 Å². The zero-order valence-electron chi connectivity index (χ0n) is 18.2. The SMILES string of the molecule is C=C(/C=C/c1ccc2c(c1)nc(CCC1CCCCC1)n2CCN1CCCC1)NO. The molecule has 0 spiro atoms. The highest BCUT2D eigenvalue weighted by Gasteiger charge is 2.18. The molecule has 1 saturated carbocycles. The van der Waals surface area contributed by atoms with Crippen LogP contribution in [0, 0.1) is 5.92 Å². The molecule has 2 aliphatic rings. The lowest BCUT2D eigenvalue weighted by atomic mass is 9.86. The molecule has 1 saturated heterocycles. The molecule has 0 atom stereocenters. The van der Waals surface area contributed by atoms with Crippen molar-refractivity contribution in [2.24, 2.45) is 5.92 Å². The summed E-state index contributed by atoms with van der Waals surface area (Å²) in [5.41, 5.74) is 5.92. The van der Waals surface area contributed by atoms with E-state index in [-0.39, 0.29) is 0 Å². The molecule has 2 aromatic rings. The molecule has 2 N–H and O–H groups in total. The van der Waals surface area contributed by atoms with E-state index >= 15 is 0 Å². The van der Waals surface area contributed by atoms with Crippen molar-refractivity contribution in [2.45, 2.75) is 64.3 Å². The Balaban J connectivity index is 1.54. The molecule has 0 radical (unpaired) electrons. The Labute approximate surface area is 180 Å². The second-order valence-electron chi connectivity index (χ2n) is 8.99. The fraction of sp³-hybridized carbons (Fsp3) is 0.560. The number of benzene rings is 1. The summed E-state index contributed by atoms with van der Waals surface area (Å²) in [5.74, 6) is 2.12. The maximum absolute atomic E-state index is 8.92. The topological polar surface area (TPSA) is 53.3 Å². The standard InChI is InChI=1S/C25H36N4O/c1-20(27-30)9-10-22-11-13-24-23(19-22)26-25(14-12-21-7-3-2-4-8-21)29(24)18-17-28-15-5-6-16-28/h9-11,13,19,21,27,30H,1-8,12,14-18H2/b10-9+. The average molecular weight is 409 g/mol. The van der Waals surface area contributed by atoms with Crippen molar-refractivity contribution >= 4 is 17.1 Å². The molecule has 5 heteroatoms. The molecule has 30 heavy (non-hydrogen) atoms. The number of allylic oxidation sites excluding steroid dienone is 1. The first-order valence-electron chi connectivity index (χ1n) is 11.7. The lowest BCUT2D eigenvalue weighted by Gasteiger charge is -2.21. The summed E-state index contributed by atoms with van der Waals surface area (Å²) in [5, 5.41) is 8.92. The van der Waals surface area contributed by atoms with Crippen molar-refractivity contribution in [1.29, 1.82) is 0 Å². The van der Waals surface area contributed by atoms with Crippen molar-refractivity contribution in [3.8, 4) is 0 Å². The quantitative estimate of drug-likeness (QED) is 0.445. The largest absolute Gasteiger partial charge is 0.327 e. The molecule has 2 fully saturated rings. The Kier molecular flexibility index (Phi) is 7.24. The first-order chi connectivity index (χ1) is 14.7. The summed E-state index contributed by atoms with van der Waals surface area (Å²) in [4.78, 5) is 7.66. The van der Waals surface area contributed by atoms with Crippen LogP contribution in [0.4, 0.5) is 0 Å². The second kappa shape index (κ2) is 10.3. The number of nitrogens with zero attached hydrogens (tertiary/aromatic N) is 3. The summed E-state index contributed by atoms with van der Waals surface area (Å²) in [7, 11) is 0.